The van der Waals surface area contributed by atoms with Crippen LogP contribution in [-0.4, -0.2) is 60.3 Å². The molecular weight excluding hydrogens is 538 g/mol. The Bertz CT molecular complexity index is 1290. The molecule has 0 spiro atoms. The van der Waals surface area contributed by atoms with Gasteiger partial charge < -0.3 is 15.1 Å². The molecule has 6 nitrogen and oxygen atoms in total. The van der Waals surface area contributed by atoms with Gasteiger partial charge in [-0.2, -0.15) is 0 Å². The summed E-state index contributed by atoms with van der Waals surface area (Å²) in [6.45, 7) is 2.93. The van der Waals surface area contributed by atoms with Gasteiger partial charge in [-0.25, -0.2) is 9.97 Å². The molecule has 3 aromatic carbocycles. The van der Waals surface area contributed by atoms with Crippen LogP contribution in [0.3, 0.4) is 0 Å². The fraction of sp³-hybridized carbons (Fsp3) is 0.281. The maximum atomic E-state index is 12.8. The molecule has 0 unspecified atom stereocenters. The Labute approximate surface area is 246 Å². The predicted octanol–water partition coefficient (Wildman–Crippen LogP) is 6.13. The monoisotopic (exact) mass is 573 g/mol. The van der Waals surface area contributed by atoms with Crippen LogP contribution in [0.15, 0.2) is 102 Å². The van der Waals surface area contributed by atoms with E-state index in [2.05, 4.69) is 94.9 Å². The lowest BCUT2D eigenvalue weighted by atomic mass is 9.88. The number of thioether (sulfide) groups is 1. The molecule has 8 heteroatoms. The SMILES string of the molecule is CN(C)CCN(Cc1ccccc1)c1cc(Cl)nc(SCC(=O)NCCC(c2ccccc2)c2ccccc2)n1. The molecule has 4 aromatic rings. The predicted molar refractivity (Wildman–Crippen MR) is 166 cm³/mol. The average Bonchev–Trinajstić information content (AvgIpc) is 2.97. The van der Waals surface area contributed by atoms with Gasteiger partial charge in [0.1, 0.15) is 11.0 Å². The number of rotatable bonds is 14. The summed E-state index contributed by atoms with van der Waals surface area (Å²) in [6.07, 6.45) is 0.808. The van der Waals surface area contributed by atoms with Gasteiger partial charge in [-0.1, -0.05) is 114 Å². The lowest BCUT2D eigenvalue weighted by molar-refractivity contribution is -0.118. The minimum absolute atomic E-state index is 0.0521. The molecule has 40 heavy (non-hydrogen) atoms. The van der Waals surface area contributed by atoms with E-state index in [0.29, 0.717) is 23.4 Å². The van der Waals surface area contributed by atoms with Crippen molar-refractivity contribution in [3.8, 4) is 0 Å². The number of nitrogens with one attached hydrogen (secondary N) is 1. The minimum atomic E-state index is -0.0521. The second-order valence-electron chi connectivity index (χ2n) is 9.84. The van der Waals surface area contributed by atoms with Crippen molar-refractivity contribution in [2.24, 2.45) is 0 Å². The molecule has 0 saturated carbocycles. The van der Waals surface area contributed by atoms with Gasteiger partial charge in [0.05, 0.1) is 5.75 Å². The third-order valence-corrected chi connectivity index (χ3v) is 7.55. The Morgan fingerprint density at radius 1 is 0.875 bits per heavy atom. The summed E-state index contributed by atoms with van der Waals surface area (Å²) < 4.78 is 0. The summed E-state index contributed by atoms with van der Waals surface area (Å²) in [7, 11) is 4.10. The topological polar surface area (TPSA) is 61.4 Å². The van der Waals surface area contributed by atoms with Crippen LogP contribution in [0.1, 0.15) is 29.0 Å². The zero-order valence-corrected chi connectivity index (χ0v) is 24.6. The number of aromatic nitrogens is 2. The van der Waals surface area contributed by atoms with E-state index in [-0.39, 0.29) is 17.6 Å². The van der Waals surface area contributed by atoms with Crippen molar-refractivity contribution in [3.63, 3.8) is 0 Å². The second-order valence-corrected chi connectivity index (χ2v) is 11.2. The van der Waals surface area contributed by atoms with Gasteiger partial charge in [0, 0.05) is 38.2 Å². The summed E-state index contributed by atoms with van der Waals surface area (Å²) in [5, 5.41) is 3.93. The van der Waals surface area contributed by atoms with Crippen LogP contribution in [0.25, 0.3) is 0 Å². The summed E-state index contributed by atoms with van der Waals surface area (Å²) in [6, 6.07) is 32.9. The molecule has 1 aromatic heterocycles. The number of carbonyl (C=O) groups excluding carboxylic acids is 1. The van der Waals surface area contributed by atoms with Crippen molar-refractivity contribution in [2.45, 2.75) is 24.0 Å². The number of hydrogen-bond donors (Lipinski definition) is 1. The van der Waals surface area contributed by atoms with Crippen molar-refractivity contribution >= 4 is 35.1 Å². The highest BCUT2D eigenvalue weighted by Crippen LogP contribution is 2.27. The van der Waals surface area contributed by atoms with Crippen LogP contribution in [-0.2, 0) is 11.3 Å². The zero-order valence-electron chi connectivity index (χ0n) is 23.0. The van der Waals surface area contributed by atoms with E-state index in [1.165, 1.54) is 28.5 Å². The highest BCUT2D eigenvalue weighted by molar-refractivity contribution is 7.99. The lowest BCUT2D eigenvalue weighted by Crippen LogP contribution is -2.32. The zero-order chi connectivity index (χ0) is 28.2. The van der Waals surface area contributed by atoms with Crippen LogP contribution in [0.5, 0.6) is 0 Å². The molecule has 0 radical (unpaired) electrons. The molecule has 1 amide bonds. The van der Waals surface area contributed by atoms with Gasteiger partial charge in [0.2, 0.25) is 5.91 Å². The fourth-order valence-electron chi connectivity index (χ4n) is 4.44. The van der Waals surface area contributed by atoms with E-state index < -0.39 is 0 Å². The molecule has 0 aliphatic rings. The van der Waals surface area contributed by atoms with E-state index in [0.717, 1.165) is 25.3 Å². The first kappa shape index (κ1) is 29.6. The van der Waals surface area contributed by atoms with Gasteiger partial charge in [-0.3, -0.25) is 4.79 Å². The molecule has 0 bridgehead atoms. The van der Waals surface area contributed by atoms with E-state index in [9.17, 15) is 4.79 Å². The number of nitrogens with zero attached hydrogens (tertiary/aromatic N) is 4. The van der Waals surface area contributed by atoms with Gasteiger partial charge in [-0.15, -0.1) is 0 Å². The third-order valence-electron chi connectivity index (χ3n) is 6.51. The second kappa shape index (κ2) is 15.4. The number of carbonyl (C=O) groups is 1. The summed E-state index contributed by atoms with van der Waals surface area (Å²) in [5.41, 5.74) is 3.67. The smallest absolute Gasteiger partial charge is 0.230 e. The molecule has 208 valence electrons. The van der Waals surface area contributed by atoms with E-state index >= 15 is 0 Å². The number of hydrogen-bond acceptors (Lipinski definition) is 6. The third kappa shape index (κ3) is 9.37. The van der Waals surface area contributed by atoms with E-state index in [4.69, 9.17) is 16.6 Å². The van der Waals surface area contributed by atoms with Crippen molar-refractivity contribution in [2.75, 3.05) is 44.4 Å². The van der Waals surface area contributed by atoms with Crippen LogP contribution >= 0.6 is 23.4 Å². The number of benzene rings is 3. The first-order valence-corrected chi connectivity index (χ1v) is 14.8. The van der Waals surface area contributed by atoms with Crippen molar-refractivity contribution in [1.29, 1.82) is 0 Å². The summed E-state index contributed by atoms with van der Waals surface area (Å²) in [5.74, 6) is 1.13. The Balaban J connectivity index is 1.36. The highest BCUT2D eigenvalue weighted by Gasteiger charge is 2.16. The fourth-order valence-corrected chi connectivity index (χ4v) is 5.36. The molecule has 0 atom stereocenters. The van der Waals surface area contributed by atoms with Crippen LogP contribution in [0.2, 0.25) is 5.15 Å². The molecule has 0 saturated heterocycles. The number of halogens is 1. The van der Waals surface area contributed by atoms with Crippen molar-refractivity contribution in [1.82, 2.24) is 20.2 Å². The molecule has 0 aliphatic carbocycles. The highest BCUT2D eigenvalue weighted by atomic mass is 35.5. The quantitative estimate of drug-likeness (QED) is 0.111. The van der Waals surface area contributed by atoms with Crippen LogP contribution < -0.4 is 10.2 Å². The largest absolute Gasteiger partial charge is 0.355 e. The Kier molecular flexibility index (Phi) is 11.4. The van der Waals surface area contributed by atoms with Gasteiger partial charge >= 0.3 is 0 Å². The molecule has 4 rings (SSSR count). The molecule has 1 N–H and O–H groups in total. The first-order chi connectivity index (χ1) is 19.5. The first-order valence-electron chi connectivity index (χ1n) is 13.5. The van der Waals surface area contributed by atoms with Crippen molar-refractivity contribution < 1.29 is 4.79 Å². The standard InChI is InChI=1S/C32H36ClN5OS/c1-37(2)20-21-38(23-25-12-6-3-7-13-25)30-22-29(33)35-32(36-30)40-24-31(39)34-19-18-28(26-14-8-4-9-15-26)27-16-10-5-11-17-27/h3-17,22,28H,18-21,23-24H2,1-2H3,(H,34,39). The maximum Gasteiger partial charge on any atom is 0.230 e. The molecule has 1 heterocycles. The van der Waals surface area contributed by atoms with E-state index in [1.54, 1.807) is 6.07 Å². The number of likely N-dealkylation sites (N-methyl/N-ethyl adjacent to an activating group) is 1. The molecular formula is C32H36ClN5OS. The summed E-state index contributed by atoms with van der Waals surface area (Å²) >= 11 is 7.71. The maximum absolute atomic E-state index is 12.8. The Hall–Kier alpha value is -3.39. The normalized spacial score (nSPS) is 11.1. The number of amides is 1. The average molecular weight is 574 g/mol. The van der Waals surface area contributed by atoms with Crippen LogP contribution in [0.4, 0.5) is 5.82 Å². The lowest BCUT2D eigenvalue weighted by Gasteiger charge is -2.26. The van der Waals surface area contributed by atoms with Crippen molar-refractivity contribution in [3.05, 3.63) is 119 Å². The Morgan fingerprint density at radius 2 is 1.48 bits per heavy atom. The van der Waals surface area contributed by atoms with E-state index in [1.807, 2.05) is 30.3 Å². The van der Waals surface area contributed by atoms with Crippen LogP contribution in [0, 0.1) is 0 Å². The Morgan fingerprint density at radius 3 is 2.08 bits per heavy atom. The summed E-state index contributed by atoms with van der Waals surface area (Å²) in [4.78, 5) is 26.2. The number of anilines is 1. The molecule has 0 aliphatic heterocycles. The minimum Gasteiger partial charge on any atom is -0.355 e. The van der Waals surface area contributed by atoms with Gasteiger partial charge in [0.15, 0.2) is 5.16 Å². The van der Waals surface area contributed by atoms with Gasteiger partial charge in [-0.05, 0) is 37.2 Å². The van der Waals surface area contributed by atoms with Gasteiger partial charge in [0.25, 0.3) is 0 Å². The molecule has 0 fully saturated rings.